The molecule has 2 atom stereocenters. The van der Waals surface area contributed by atoms with E-state index in [0.717, 1.165) is 18.5 Å². The third-order valence-electron chi connectivity index (χ3n) is 2.54. The molecule has 0 saturated carbocycles. The van der Waals surface area contributed by atoms with E-state index in [1.54, 1.807) is 0 Å². The van der Waals surface area contributed by atoms with Gasteiger partial charge in [-0.2, -0.15) is 0 Å². The van der Waals surface area contributed by atoms with Gasteiger partial charge in [0.15, 0.2) is 0 Å². The SMILES string of the molecule is Cl.F[C@H]1CCCN[C@H]1c1ccccc1. The van der Waals surface area contributed by atoms with Gasteiger partial charge in [-0.1, -0.05) is 30.3 Å². The highest BCUT2D eigenvalue weighted by molar-refractivity contribution is 5.85. The molecule has 14 heavy (non-hydrogen) atoms. The van der Waals surface area contributed by atoms with E-state index in [2.05, 4.69) is 5.32 Å². The van der Waals surface area contributed by atoms with Crippen LogP contribution in [-0.4, -0.2) is 12.7 Å². The van der Waals surface area contributed by atoms with Crippen LogP contribution in [0.25, 0.3) is 0 Å². The summed E-state index contributed by atoms with van der Waals surface area (Å²) in [5.41, 5.74) is 1.06. The summed E-state index contributed by atoms with van der Waals surface area (Å²) < 4.78 is 13.5. The van der Waals surface area contributed by atoms with Gasteiger partial charge in [0.1, 0.15) is 6.17 Å². The second-order valence-electron chi connectivity index (χ2n) is 3.50. The van der Waals surface area contributed by atoms with Gasteiger partial charge in [0.25, 0.3) is 0 Å². The molecule has 1 aliphatic heterocycles. The molecule has 1 N–H and O–H groups in total. The van der Waals surface area contributed by atoms with Crippen molar-refractivity contribution in [1.82, 2.24) is 5.32 Å². The van der Waals surface area contributed by atoms with Crippen LogP contribution in [0, 0.1) is 0 Å². The van der Waals surface area contributed by atoms with Gasteiger partial charge in [-0.15, -0.1) is 12.4 Å². The summed E-state index contributed by atoms with van der Waals surface area (Å²) in [4.78, 5) is 0. The number of hydrogen-bond donors (Lipinski definition) is 1. The third kappa shape index (κ3) is 2.46. The Labute approximate surface area is 90.1 Å². The first kappa shape index (κ1) is 11.5. The smallest absolute Gasteiger partial charge is 0.120 e. The summed E-state index contributed by atoms with van der Waals surface area (Å²) >= 11 is 0. The van der Waals surface area contributed by atoms with Crippen LogP contribution < -0.4 is 5.32 Å². The first-order chi connectivity index (χ1) is 6.38. The van der Waals surface area contributed by atoms with Gasteiger partial charge in [-0.25, -0.2) is 4.39 Å². The van der Waals surface area contributed by atoms with Crippen molar-refractivity contribution in [1.29, 1.82) is 0 Å². The van der Waals surface area contributed by atoms with Gasteiger partial charge in [0.05, 0.1) is 6.04 Å². The molecule has 1 aromatic carbocycles. The zero-order valence-corrected chi connectivity index (χ0v) is 8.77. The lowest BCUT2D eigenvalue weighted by molar-refractivity contribution is 0.201. The van der Waals surface area contributed by atoms with Crippen molar-refractivity contribution < 1.29 is 4.39 Å². The van der Waals surface area contributed by atoms with E-state index in [1.807, 2.05) is 30.3 Å². The zero-order valence-electron chi connectivity index (χ0n) is 7.95. The molecule has 0 unspecified atom stereocenters. The molecule has 0 bridgehead atoms. The average Bonchev–Trinajstić information content (AvgIpc) is 2.20. The lowest BCUT2D eigenvalue weighted by Gasteiger charge is -2.27. The fraction of sp³-hybridized carbons (Fsp3) is 0.455. The van der Waals surface area contributed by atoms with Gasteiger partial charge < -0.3 is 5.32 Å². The standard InChI is InChI=1S/C11H14FN.ClH/c12-10-7-4-8-13-11(10)9-5-2-1-3-6-9;/h1-3,5-6,10-11,13H,4,7-8H2;1H/t10-,11-;/m0./s1. The lowest BCUT2D eigenvalue weighted by Crippen LogP contribution is -2.35. The number of hydrogen-bond acceptors (Lipinski definition) is 1. The van der Waals surface area contributed by atoms with Gasteiger partial charge in [-0.05, 0) is 24.9 Å². The molecule has 1 nitrogen and oxygen atoms in total. The van der Waals surface area contributed by atoms with Crippen LogP contribution in [0.1, 0.15) is 24.4 Å². The summed E-state index contributed by atoms with van der Waals surface area (Å²) in [6.07, 6.45) is 0.910. The van der Waals surface area contributed by atoms with Crippen molar-refractivity contribution in [3.63, 3.8) is 0 Å². The zero-order chi connectivity index (χ0) is 9.10. The molecule has 3 heteroatoms. The van der Waals surface area contributed by atoms with E-state index in [-0.39, 0.29) is 18.4 Å². The maximum Gasteiger partial charge on any atom is 0.120 e. The van der Waals surface area contributed by atoms with Crippen LogP contribution in [0.4, 0.5) is 4.39 Å². The van der Waals surface area contributed by atoms with E-state index in [4.69, 9.17) is 0 Å². The highest BCUT2D eigenvalue weighted by atomic mass is 35.5. The third-order valence-corrected chi connectivity index (χ3v) is 2.54. The molecule has 0 aliphatic carbocycles. The Hall–Kier alpha value is -0.600. The van der Waals surface area contributed by atoms with Gasteiger partial charge >= 0.3 is 0 Å². The minimum atomic E-state index is -0.726. The summed E-state index contributed by atoms with van der Waals surface area (Å²) in [5, 5.41) is 3.21. The summed E-state index contributed by atoms with van der Waals surface area (Å²) in [7, 11) is 0. The van der Waals surface area contributed by atoms with Crippen molar-refractivity contribution in [2.24, 2.45) is 0 Å². The first-order valence-electron chi connectivity index (χ1n) is 4.80. The van der Waals surface area contributed by atoms with Gasteiger partial charge in [0.2, 0.25) is 0 Å². The van der Waals surface area contributed by atoms with Gasteiger partial charge in [0, 0.05) is 0 Å². The van der Waals surface area contributed by atoms with Gasteiger partial charge in [-0.3, -0.25) is 0 Å². The number of nitrogens with one attached hydrogen (secondary N) is 1. The Bertz CT molecular complexity index is 265. The van der Waals surface area contributed by atoms with Crippen LogP contribution in [0.5, 0.6) is 0 Å². The Balaban J connectivity index is 0.000000980. The van der Waals surface area contributed by atoms with Crippen LogP contribution >= 0.6 is 12.4 Å². The first-order valence-corrected chi connectivity index (χ1v) is 4.80. The topological polar surface area (TPSA) is 12.0 Å². The van der Waals surface area contributed by atoms with Crippen LogP contribution in [-0.2, 0) is 0 Å². The minimum Gasteiger partial charge on any atom is -0.308 e. The Kier molecular flexibility index (Phi) is 4.36. The number of rotatable bonds is 1. The van der Waals surface area contributed by atoms with Crippen molar-refractivity contribution in [3.05, 3.63) is 35.9 Å². The van der Waals surface area contributed by atoms with E-state index in [1.165, 1.54) is 0 Å². The van der Waals surface area contributed by atoms with Crippen LogP contribution in [0.3, 0.4) is 0 Å². The monoisotopic (exact) mass is 215 g/mol. The summed E-state index contributed by atoms with van der Waals surface area (Å²) in [6.45, 7) is 0.931. The van der Waals surface area contributed by atoms with Crippen molar-refractivity contribution in [2.45, 2.75) is 25.1 Å². The molecule has 78 valence electrons. The van der Waals surface area contributed by atoms with E-state index < -0.39 is 6.17 Å². The molecular weight excluding hydrogens is 201 g/mol. The molecule has 0 radical (unpaired) electrons. The maximum atomic E-state index is 13.5. The lowest BCUT2D eigenvalue weighted by atomic mass is 9.96. The Morgan fingerprint density at radius 1 is 1.21 bits per heavy atom. The Morgan fingerprint density at radius 2 is 1.93 bits per heavy atom. The number of alkyl halides is 1. The minimum absolute atomic E-state index is 0. The van der Waals surface area contributed by atoms with Crippen molar-refractivity contribution >= 4 is 12.4 Å². The normalized spacial score (nSPS) is 26.6. The molecule has 1 saturated heterocycles. The molecule has 1 heterocycles. The molecule has 1 aromatic rings. The highest BCUT2D eigenvalue weighted by Crippen LogP contribution is 2.25. The quantitative estimate of drug-likeness (QED) is 0.760. The van der Waals surface area contributed by atoms with E-state index >= 15 is 0 Å². The predicted molar refractivity (Wildman–Crippen MR) is 58.6 cm³/mol. The second-order valence-corrected chi connectivity index (χ2v) is 3.50. The largest absolute Gasteiger partial charge is 0.308 e. The molecule has 0 aromatic heterocycles. The Morgan fingerprint density at radius 3 is 2.57 bits per heavy atom. The average molecular weight is 216 g/mol. The van der Waals surface area contributed by atoms with Crippen LogP contribution in [0.15, 0.2) is 30.3 Å². The second kappa shape index (κ2) is 5.32. The molecule has 1 aliphatic rings. The maximum absolute atomic E-state index is 13.5. The number of piperidine rings is 1. The van der Waals surface area contributed by atoms with Crippen LogP contribution in [0.2, 0.25) is 0 Å². The van der Waals surface area contributed by atoms with Crippen molar-refractivity contribution in [3.8, 4) is 0 Å². The molecule has 1 fully saturated rings. The number of benzene rings is 1. The molecule has 0 amide bonds. The van der Waals surface area contributed by atoms with E-state index in [0.29, 0.717) is 6.42 Å². The molecular formula is C11H15ClFN. The number of halogens is 2. The fourth-order valence-corrected chi connectivity index (χ4v) is 1.84. The van der Waals surface area contributed by atoms with Crippen molar-refractivity contribution in [2.75, 3.05) is 6.54 Å². The summed E-state index contributed by atoms with van der Waals surface area (Å²) in [5.74, 6) is 0. The fourth-order valence-electron chi connectivity index (χ4n) is 1.84. The molecule has 2 rings (SSSR count). The molecule has 0 spiro atoms. The highest BCUT2D eigenvalue weighted by Gasteiger charge is 2.24. The predicted octanol–water partition coefficient (Wildman–Crippen LogP) is 2.87. The summed E-state index contributed by atoms with van der Waals surface area (Å²) in [6, 6.07) is 9.75. The van der Waals surface area contributed by atoms with E-state index in [9.17, 15) is 4.39 Å².